The summed E-state index contributed by atoms with van der Waals surface area (Å²) >= 11 is 0. The van der Waals surface area contributed by atoms with Crippen LogP contribution in [0.15, 0.2) is 18.3 Å². The smallest absolute Gasteiger partial charge is 0.253 e. The average Bonchev–Trinajstić information content (AvgIpc) is 2.25. The molecule has 0 aromatic carbocycles. The minimum atomic E-state index is -0.578. The van der Waals surface area contributed by atoms with Crippen LogP contribution in [0.2, 0.25) is 0 Å². The molecule has 0 unspecified atom stereocenters. The molecule has 1 aromatic rings. The summed E-state index contributed by atoms with van der Waals surface area (Å²) in [5.74, 6) is -0.776. The number of nitrogens with zero attached hydrogens (tertiary/aromatic N) is 1. The first-order chi connectivity index (χ1) is 9.17. The molecule has 5 heteroatoms. The Morgan fingerprint density at radius 1 is 1.30 bits per heavy atom. The van der Waals surface area contributed by atoms with Crippen molar-refractivity contribution in [3.05, 3.63) is 29.8 Å². The summed E-state index contributed by atoms with van der Waals surface area (Å²) in [6, 6.07) is 2.75. The Morgan fingerprint density at radius 2 is 1.90 bits per heavy atom. The lowest BCUT2D eigenvalue weighted by Crippen LogP contribution is -2.62. The third-order valence-corrected chi connectivity index (χ3v) is 3.51. The van der Waals surface area contributed by atoms with Gasteiger partial charge in [-0.3, -0.25) is 4.79 Å². The molecule has 0 saturated carbocycles. The molecule has 110 valence electrons. The molecule has 1 saturated heterocycles. The quantitative estimate of drug-likeness (QED) is 0.817. The number of carbonyl (C=O) groups excluding carboxylic acids is 1. The highest BCUT2D eigenvalue weighted by atomic mass is 19.1. The highest BCUT2D eigenvalue weighted by Crippen LogP contribution is 2.28. The van der Waals surface area contributed by atoms with Gasteiger partial charge >= 0.3 is 0 Å². The minimum Gasteiger partial charge on any atom is -0.349 e. The SMILES string of the molecule is CC1(C)CC(NC(=O)c2ccc(F)nc2)CC(C)(C)N1. The van der Waals surface area contributed by atoms with Crippen molar-refractivity contribution in [2.75, 3.05) is 0 Å². The number of halogens is 1. The summed E-state index contributed by atoms with van der Waals surface area (Å²) < 4.78 is 12.8. The van der Waals surface area contributed by atoms with E-state index in [-0.39, 0.29) is 23.0 Å². The van der Waals surface area contributed by atoms with E-state index >= 15 is 0 Å². The lowest BCUT2D eigenvalue weighted by molar-refractivity contribution is 0.0872. The Labute approximate surface area is 119 Å². The fourth-order valence-electron chi connectivity index (χ4n) is 3.20. The molecule has 0 atom stereocenters. The van der Waals surface area contributed by atoms with Gasteiger partial charge in [-0.1, -0.05) is 0 Å². The van der Waals surface area contributed by atoms with Crippen molar-refractivity contribution >= 4 is 5.91 Å². The van der Waals surface area contributed by atoms with E-state index in [2.05, 4.69) is 43.3 Å². The van der Waals surface area contributed by atoms with Crippen molar-refractivity contribution in [3.63, 3.8) is 0 Å². The van der Waals surface area contributed by atoms with Gasteiger partial charge in [0, 0.05) is 23.3 Å². The van der Waals surface area contributed by atoms with Crippen LogP contribution in [-0.4, -0.2) is 28.0 Å². The van der Waals surface area contributed by atoms with Crippen LogP contribution in [0.4, 0.5) is 4.39 Å². The molecular weight excluding hydrogens is 257 g/mol. The molecule has 1 aliphatic heterocycles. The summed E-state index contributed by atoms with van der Waals surface area (Å²) in [5, 5.41) is 6.59. The van der Waals surface area contributed by atoms with Crippen molar-refractivity contribution in [2.45, 2.75) is 57.7 Å². The molecule has 4 nitrogen and oxygen atoms in total. The molecule has 0 bridgehead atoms. The van der Waals surface area contributed by atoms with Gasteiger partial charge in [0.25, 0.3) is 5.91 Å². The molecule has 1 aromatic heterocycles. The first-order valence-electron chi connectivity index (χ1n) is 6.89. The zero-order valence-corrected chi connectivity index (χ0v) is 12.5. The summed E-state index contributed by atoms with van der Waals surface area (Å²) in [4.78, 5) is 15.7. The van der Waals surface area contributed by atoms with Crippen molar-refractivity contribution in [1.29, 1.82) is 0 Å². The zero-order valence-electron chi connectivity index (χ0n) is 12.5. The number of amides is 1. The fourth-order valence-corrected chi connectivity index (χ4v) is 3.20. The second-order valence-electron chi connectivity index (χ2n) is 6.84. The van der Waals surface area contributed by atoms with Crippen LogP contribution in [-0.2, 0) is 0 Å². The number of hydrogen-bond donors (Lipinski definition) is 2. The van der Waals surface area contributed by atoms with Gasteiger partial charge in [-0.15, -0.1) is 0 Å². The molecule has 1 aliphatic rings. The number of nitrogens with one attached hydrogen (secondary N) is 2. The monoisotopic (exact) mass is 279 g/mol. The van der Waals surface area contributed by atoms with Crippen LogP contribution in [0.3, 0.4) is 0 Å². The van der Waals surface area contributed by atoms with Crippen molar-refractivity contribution in [2.24, 2.45) is 0 Å². The van der Waals surface area contributed by atoms with Crippen LogP contribution in [0.1, 0.15) is 50.9 Å². The Hall–Kier alpha value is -1.49. The number of aromatic nitrogens is 1. The molecule has 1 amide bonds. The maximum Gasteiger partial charge on any atom is 0.253 e. The van der Waals surface area contributed by atoms with Crippen LogP contribution in [0, 0.1) is 5.95 Å². The number of piperidine rings is 1. The van der Waals surface area contributed by atoms with Crippen molar-refractivity contribution in [3.8, 4) is 0 Å². The molecule has 2 heterocycles. The Balaban J connectivity index is 2.05. The fraction of sp³-hybridized carbons (Fsp3) is 0.600. The third kappa shape index (κ3) is 3.76. The van der Waals surface area contributed by atoms with Crippen molar-refractivity contribution < 1.29 is 9.18 Å². The minimum absolute atomic E-state index is 0.0270. The Kier molecular flexibility index (Phi) is 3.82. The Bertz CT molecular complexity index is 480. The van der Waals surface area contributed by atoms with Gasteiger partial charge in [-0.05, 0) is 52.7 Å². The van der Waals surface area contributed by atoms with E-state index in [1.807, 2.05) is 0 Å². The van der Waals surface area contributed by atoms with E-state index in [4.69, 9.17) is 0 Å². The highest BCUT2D eigenvalue weighted by Gasteiger charge is 2.38. The third-order valence-electron chi connectivity index (χ3n) is 3.51. The molecule has 0 spiro atoms. The largest absolute Gasteiger partial charge is 0.349 e. The van der Waals surface area contributed by atoms with Gasteiger partial charge < -0.3 is 10.6 Å². The second-order valence-corrected chi connectivity index (χ2v) is 6.84. The zero-order chi connectivity index (χ0) is 15.0. The lowest BCUT2D eigenvalue weighted by Gasteiger charge is -2.46. The topological polar surface area (TPSA) is 54.0 Å². The second kappa shape index (κ2) is 5.13. The van der Waals surface area contributed by atoms with Crippen LogP contribution >= 0.6 is 0 Å². The Morgan fingerprint density at radius 3 is 2.40 bits per heavy atom. The number of pyridine rings is 1. The highest BCUT2D eigenvalue weighted by molar-refractivity contribution is 5.94. The van der Waals surface area contributed by atoms with Gasteiger partial charge in [0.2, 0.25) is 5.95 Å². The maximum absolute atomic E-state index is 12.8. The van der Waals surface area contributed by atoms with Crippen LogP contribution in [0.25, 0.3) is 0 Å². The average molecular weight is 279 g/mol. The molecule has 1 fully saturated rings. The van der Waals surface area contributed by atoms with E-state index in [9.17, 15) is 9.18 Å². The molecule has 2 N–H and O–H groups in total. The van der Waals surface area contributed by atoms with Gasteiger partial charge in [0.15, 0.2) is 0 Å². The maximum atomic E-state index is 12.8. The van der Waals surface area contributed by atoms with Gasteiger partial charge in [-0.25, -0.2) is 4.98 Å². The normalized spacial score (nSPS) is 21.4. The number of carbonyl (C=O) groups is 1. The van der Waals surface area contributed by atoms with Gasteiger partial charge in [0.05, 0.1) is 5.56 Å². The van der Waals surface area contributed by atoms with Gasteiger partial charge in [-0.2, -0.15) is 4.39 Å². The molecule has 2 rings (SSSR count). The lowest BCUT2D eigenvalue weighted by atomic mass is 9.79. The summed E-state index contributed by atoms with van der Waals surface area (Å²) in [7, 11) is 0. The summed E-state index contributed by atoms with van der Waals surface area (Å²) in [5.41, 5.74) is 0.335. The standard InChI is InChI=1S/C15H22FN3O/c1-14(2)7-11(8-15(3,4)19-14)18-13(20)10-5-6-12(16)17-9-10/h5-6,9,11,19H,7-8H2,1-4H3,(H,18,20). The summed E-state index contributed by atoms with van der Waals surface area (Å²) in [6.45, 7) is 8.53. The molecule has 0 radical (unpaired) electrons. The first-order valence-corrected chi connectivity index (χ1v) is 6.89. The van der Waals surface area contributed by atoms with Crippen LogP contribution < -0.4 is 10.6 Å². The van der Waals surface area contributed by atoms with E-state index < -0.39 is 5.95 Å². The molecular formula is C15H22FN3O. The van der Waals surface area contributed by atoms with E-state index in [0.29, 0.717) is 5.56 Å². The number of rotatable bonds is 2. The van der Waals surface area contributed by atoms with E-state index in [0.717, 1.165) is 12.8 Å². The molecule has 0 aliphatic carbocycles. The van der Waals surface area contributed by atoms with Gasteiger partial charge in [0.1, 0.15) is 0 Å². The number of hydrogen-bond acceptors (Lipinski definition) is 3. The molecule has 20 heavy (non-hydrogen) atoms. The summed E-state index contributed by atoms with van der Waals surface area (Å²) in [6.07, 6.45) is 2.98. The van der Waals surface area contributed by atoms with Crippen molar-refractivity contribution in [1.82, 2.24) is 15.6 Å². The van der Waals surface area contributed by atoms with Crippen LogP contribution in [0.5, 0.6) is 0 Å². The first kappa shape index (κ1) is 14.9. The van der Waals surface area contributed by atoms with E-state index in [1.165, 1.54) is 18.3 Å². The van der Waals surface area contributed by atoms with E-state index in [1.54, 1.807) is 0 Å². The predicted octanol–water partition coefficient (Wildman–Crippen LogP) is 2.26. The predicted molar refractivity (Wildman–Crippen MR) is 76.0 cm³/mol.